The highest BCUT2D eigenvalue weighted by Gasteiger charge is 2.22. The summed E-state index contributed by atoms with van der Waals surface area (Å²) >= 11 is 6.88. The summed E-state index contributed by atoms with van der Waals surface area (Å²) in [5.41, 5.74) is 4.59. The molecule has 3 aromatic heterocycles. The second kappa shape index (κ2) is 15.8. The van der Waals surface area contributed by atoms with Crippen LogP contribution in [0.25, 0.3) is 22.5 Å². The molecule has 0 radical (unpaired) electrons. The average molecular weight is 666 g/mol. The lowest BCUT2D eigenvalue weighted by atomic mass is 10.0. The van der Waals surface area contributed by atoms with Crippen LogP contribution in [0.1, 0.15) is 40.0 Å². The number of carbonyl (C=O) groups is 2. The van der Waals surface area contributed by atoms with E-state index in [1.807, 2.05) is 13.0 Å². The number of alkyl halides is 2. The fraction of sp³-hybridized carbons (Fsp3) is 0.303. The maximum Gasteiger partial charge on any atom is 0.388 e. The van der Waals surface area contributed by atoms with Crippen molar-refractivity contribution < 1.29 is 28.2 Å². The number of ether oxygens (including phenoxy) is 1. The Labute approximate surface area is 275 Å². The van der Waals surface area contributed by atoms with E-state index in [-0.39, 0.29) is 41.7 Å². The van der Waals surface area contributed by atoms with Crippen molar-refractivity contribution in [2.24, 2.45) is 0 Å². The van der Waals surface area contributed by atoms with E-state index in [0.717, 1.165) is 5.56 Å². The van der Waals surface area contributed by atoms with Crippen LogP contribution in [0.4, 0.5) is 14.5 Å². The van der Waals surface area contributed by atoms with Crippen molar-refractivity contribution in [1.82, 2.24) is 30.9 Å². The fourth-order valence-electron chi connectivity index (χ4n) is 5.17. The van der Waals surface area contributed by atoms with Crippen LogP contribution in [0, 0.1) is 6.92 Å². The summed E-state index contributed by atoms with van der Waals surface area (Å²) in [5.74, 6) is -0.641. The molecule has 2 amide bonds. The van der Waals surface area contributed by atoms with Gasteiger partial charge < -0.3 is 31.1 Å². The zero-order valence-electron chi connectivity index (χ0n) is 25.5. The molecule has 11 nitrogen and oxygen atoms in total. The average Bonchev–Trinajstić information content (AvgIpc) is 3.48. The molecule has 5 N–H and O–H groups in total. The number of aliphatic hydroxyl groups is 1. The van der Waals surface area contributed by atoms with Gasteiger partial charge in [-0.2, -0.15) is 8.78 Å². The molecule has 5 rings (SSSR count). The van der Waals surface area contributed by atoms with Crippen LogP contribution in [0.3, 0.4) is 0 Å². The number of hydrogen-bond donors (Lipinski definition) is 5. The largest absolute Gasteiger partial charge is 0.417 e. The number of amides is 2. The second-order valence-electron chi connectivity index (χ2n) is 10.9. The maximum absolute atomic E-state index is 13.4. The van der Waals surface area contributed by atoms with Crippen molar-refractivity contribution in [2.75, 3.05) is 25.0 Å². The first-order valence-electron chi connectivity index (χ1n) is 15.0. The van der Waals surface area contributed by atoms with Crippen LogP contribution in [0.5, 0.6) is 5.88 Å². The van der Waals surface area contributed by atoms with Gasteiger partial charge in [-0.1, -0.05) is 35.9 Å². The molecule has 14 heteroatoms. The van der Waals surface area contributed by atoms with Crippen molar-refractivity contribution in [1.29, 1.82) is 0 Å². The first-order chi connectivity index (χ1) is 22.7. The Kier molecular flexibility index (Phi) is 11.4. The van der Waals surface area contributed by atoms with E-state index in [1.165, 1.54) is 0 Å². The molecule has 0 bridgehead atoms. The summed E-state index contributed by atoms with van der Waals surface area (Å²) < 4.78 is 31.5. The number of aromatic nitrogens is 3. The third-order valence-corrected chi connectivity index (χ3v) is 7.99. The van der Waals surface area contributed by atoms with E-state index in [0.29, 0.717) is 71.8 Å². The molecule has 1 fully saturated rings. The van der Waals surface area contributed by atoms with Gasteiger partial charge in [0, 0.05) is 73.4 Å². The second-order valence-corrected chi connectivity index (χ2v) is 11.3. The van der Waals surface area contributed by atoms with Gasteiger partial charge >= 0.3 is 6.61 Å². The van der Waals surface area contributed by atoms with E-state index >= 15 is 0 Å². The molecule has 0 aliphatic carbocycles. The van der Waals surface area contributed by atoms with Gasteiger partial charge in [0.05, 0.1) is 23.0 Å². The molecular weight excluding hydrogens is 632 g/mol. The van der Waals surface area contributed by atoms with Crippen LogP contribution < -0.4 is 26.0 Å². The van der Waals surface area contributed by atoms with Gasteiger partial charge in [-0.25, -0.2) is 4.98 Å². The first-order valence-corrected chi connectivity index (χ1v) is 15.4. The maximum atomic E-state index is 13.4. The predicted octanol–water partition coefficient (Wildman–Crippen LogP) is 4.47. The summed E-state index contributed by atoms with van der Waals surface area (Å²) in [6, 6.07) is 13.7. The number of halogens is 3. The lowest BCUT2D eigenvalue weighted by Gasteiger charge is -2.16. The topological polar surface area (TPSA) is 150 Å². The Balaban J connectivity index is 1.34. The quantitative estimate of drug-likeness (QED) is 0.123. The van der Waals surface area contributed by atoms with Crippen molar-refractivity contribution in [3.63, 3.8) is 0 Å². The van der Waals surface area contributed by atoms with Gasteiger partial charge in [0.25, 0.3) is 5.91 Å². The number of nitrogens with one attached hydrogen (secondary N) is 4. The van der Waals surface area contributed by atoms with Gasteiger partial charge in [0.2, 0.25) is 11.8 Å². The van der Waals surface area contributed by atoms with E-state index in [4.69, 9.17) is 21.4 Å². The Morgan fingerprint density at radius 3 is 2.68 bits per heavy atom. The summed E-state index contributed by atoms with van der Waals surface area (Å²) in [6.45, 7) is 0.424. The predicted molar refractivity (Wildman–Crippen MR) is 173 cm³/mol. The molecule has 246 valence electrons. The molecule has 47 heavy (non-hydrogen) atoms. The third-order valence-electron chi connectivity index (χ3n) is 7.61. The molecular formula is C33H34ClF2N7O4. The lowest BCUT2D eigenvalue weighted by molar-refractivity contribution is -0.119. The molecule has 1 aliphatic heterocycles. The van der Waals surface area contributed by atoms with Crippen molar-refractivity contribution >= 4 is 29.1 Å². The monoisotopic (exact) mass is 665 g/mol. The normalized spacial score (nSPS) is 14.3. The van der Waals surface area contributed by atoms with E-state index < -0.39 is 12.5 Å². The summed E-state index contributed by atoms with van der Waals surface area (Å²) in [5, 5.41) is 21.1. The Morgan fingerprint density at radius 2 is 1.96 bits per heavy atom. The highest BCUT2D eigenvalue weighted by Crippen LogP contribution is 2.38. The highest BCUT2D eigenvalue weighted by molar-refractivity contribution is 6.35. The SMILES string of the molecule is Cc1c(NC(=O)c2ccc(CNCCO)cn2)cccc1-c1nccc(-c2ccc(CNC[C@H]3CCC(=O)N3)c(OC(F)F)n2)c1Cl. The Bertz CT molecular complexity index is 1730. The summed E-state index contributed by atoms with van der Waals surface area (Å²) in [7, 11) is 0. The Hall–Kier alpha value is -4.56. The molecule has 1 aromatic carbocycles. The number of carbonyl (C=O) groups excluding carboxylic acids is 2. The van der Waals surface area contributed by atoms with Crippen LogP contribution >= 0.6 is 11.6 Å². The standard InChI is InChI=1S/C33H34ClF2N7O4/c1-19-23(3-2-4-25(19)42-31(46)27-8-5-20(16-40-27)15-37-13-14-44)30-29(34)24(11-12-39-30)26-9-6-21(32(43-26)47-33(35)36)17-38-18-22-7-10-28(45)41-22/h2-6,8-9,11-12,16,22,33,37-38,44H,7,10,13-15,17-18H2,1H3,(H,41,45)(H,42,46)/t22-/m1/s1. The van der Waals surface area contributed by atoms with Crippen molar-refractivity contribution in [3.8, 4) is 28.4 Å². The minimum absolute atomic E-state index is 0.00652. The number of pyridine rings is 3. The van der Waals surface area contributed by atoms with E-state index in [1.54, 1.807) is 54.9 Å². The number of benzene rings is 1. The number of aliphatic hydroxyl groups excluding tert-OH is 1. The third kappa shape index (κ3) is 8.63. The minimum Gasteiger partial charge on any atom is -0.417 e. The van der Waals surface area contributed by atoms with E-state index in [2.05, 4.69) is 36.2 Å². The number of nitrogens with zero attached hydrogens (tertiary/aromatic N) is 3. The van der Waals surface area contributed by atoms with Gasteiger partial charge in [-0.15, -0.1) is 0 Å². The minimum atomic E-state index is -3.09. The smallest absolute Gasteiger partial charge is 0.388 e. The number of hydrogen-bond acceptors (Lipinski definition) is 9. The van der Waals surface area contributed by atoms with Crippen LogP contribution in [-0.2, 0) is 17.9 Å². The zero-order chi connectivity index (χ0) is 33.3. The van der Waals surface area contributed by atoms with Crippen molar-refractivity contribution in [2.45, 2.75) is 45.5 Å². The summed E-state index contributed by atoms with van der Waals surface area (Å²) in [6.07, 6.45) is 4.32. The highest BCUT2D eigenvalue weighted by atomic mass is 35.5. The summed E-state index contributed by atoms with van der Waals surface area (Å²) in [4.78, 5) is 37.6. The molecule has 1 saturated heterocycles. The van der Waals surface area contributed by atoms with Gasteiger partial charge in [-0.3, -0.25) is 19.6 Å². The lowest BCUT2D eigenvalue weighted by Crippen LogP contribution is -2.35. The number of rotatable bonds is 14. The molecule has 1 aliphatic rings. The molecule has 0 saturated carbocycles. The molecule has 1 atom stereocenters. The number of anilines is 1. The molecule has 0 spiro atoms. The van der Waals surface area contributed by atoms with Gasteiger partial charge in [-0.05, 0) is 48.7 Å². The first kappa shape index (κ1) is 33.8. The molecule has 0 unspecified atom stereocenters. The van der Waals surface area contributed by atoms with Gasteiger partial charge in [0.1, 0.15) is 5.69 Å². The van der Waals surface area contributed by atoms with E-state index in [9.17, 15) is 18.4 Å². The van der Waals surface area contributed by atoms with Crippen LogP contribution in [0.2, 0.25) is 5.02 Å². The van der Waals surface area contributed by atoms with Crippen molar-refractivity contribution in [3.05, 3.63) is 88.3 Å². The molecule has 4 heterocycles. The van der Waals surface area contributed by atoms with Gasteiger partial charge in [0.15, 0.2) is 0 Å². The van der Waals surface area contributed by atoms with Crippen LogP contribution in [-0.4, -0.2) is 64.2 Å². The zero-order valence-corrected chi connectivity index (χ0v) is 26.3. The fourth-order valence-corrected chi connectivity index (χ4v) is 5.48. The molecule has 4 aromatic rings. The van der Waals surface area contributed by atoms with Crippen LogP contribution in [0.15, 0.2) is 60.9 Å². The Morgan fingerprint density at radius 1 is 1.11 bits per heavy atom.